The molecule has 6 heteroatoms. The van der Waals surface area contributed by atoms with Crippen LogP contribution < -0.4 is 4.90 Å². The molecule has 3 rings (SSSR count). The van der Waals surface area contributed by atoms with Crippen molar-refractivity contribution in [3.8, 4) is 0 Å². The predicted octanol–water partition coefficient (Wildman–Crippen LogP) is 4.21. The first-order valence-electron chi connectivity index (χ1n) is 7.68. The van der Waals surface area contributed by atoms with Crippen molar-refractivity contribution >= 4 is 11.5 Å². The minimum Gasteiger partial charge on any atom is -0.322 e. The van der Waals surface area contributed by atoms with Crippen LogP contribution in [0.3, 0.4) is 0 Å². The third-order valence-electron chi connectivity index (χ3n) is 4.13. The second-order valence-corrected chi connectivity index (χ2v) is 5.87. The molecule has 0 N–H and O–H groups in total. The molecule has 0 bridgehead atoms. The molecule has 0 amide bonds. The molecule has 0 radical (unpaired) electrons. The first-order valence-corrected chi connectivity index (χ1v) is 7.68. The Bertz CT molecular complexity index is 723. The van der Waals surface area contributed by atoms with Crippen LogP contribution in [0.4, 0.5) is 18.9 Å². The number of benzene rings is 2. The zero-order chi connectivity index (χ0) is 17.3. The number of halogens is 3. The van der Waals surface area contributed by atoms with E-state index in [1.807, 2.05) is 47.3 Å². The zero-order valence-corrected chi connectivity index (χ0v) is 13.5. The fraction of sp³-hybridized carbons (Fsp3) is 0.278. The summed E-state index contributed by atoms with van der Waals surface area (Å²) in [5.41, 5.74) is 0.970. The number of nitrogens with zero attached hydrogens (tertiary/aromatic N) is 3. The Morgan fingerprint density at radius 3 is 2.21 bits per heavy atom. The van der Waals surface area contributed by atoms with Gasteiger partial charge in [-0.3, -0.25) is 5.01 Å². The Hall–Kier alpha value is -2.50. The van der Waals surface area contributed by atoms with E-state index in [1.165, 1.54) is 12.1 Å². The van der Waals surface area contributed by atoms with E-state index in [9.17, 15) is 13.2 Å². The van der Waals surface area contributed by atoms with Gasteiger partial charge < -0.3 is 4.90 Å². The van der Waals surface area contributed by atoms with Gasteiger partial charge in [-0.1, -0.05) is 30.3 Å². The molecule has 1 unspecified atom stereocenters. The molecule has 24 heavy (non-hydrogen) atoms. The molecule has 0 saturated carbocycles. The zero-order valence-electron chi connectivity index (χ0n) is 13.5. The van der Waals surface area contributed by atoms with Gasteiger partial charge in [-0.05, 0) is 31.2 Å². The highest BCUT2D eigenvalue weighted by atomic mass is 19.4. The van der Waals surface area contributed by atoms with Crippen LogP contribution in [-0.4, -0.2) is 30.5 Å². The second-order valence-electron chi connectivity index (χ2n) is 5.87. The fourth-order valence-electron chi connectivity index (χ4n) is 2.63. The summed E-state index contributed by atoms with van der Waals surface area (Å²) in [7, 11) is 1.87. The van der Waals surface area contributed by atoms with Crippen molar-refractivity contribution in [1.82, 2.24) is 5.01 Å². The molecule has 1 aliphatic heterocycles. The molecule has 2 aromatic carbocycles. The van der Waals surface area contributed by atoms with Crippen LogP contribution in [0.15, 0.2) is 59.7 Å². The average molecular weight is 333 g/mol. The van der Waals surface area contributed by atoms with E-state index in [2.05, 4.69) is 12.0 Å². The van der Waals surface area contributed by atoms with Crippen molar-refractivity contribution < 1.29 is 13.2 Å². The van der Waals surface area contributed by atoms with Crippen molar-refractivity contribution in [3.63, 3.8) is 0 Å². The first-order chi connectivity index (χ1) is 11.4. The van der Waals surface area contributed by atoms with Gasteiger partial charge in [-0.2, -0.15) is 18.3 Å². The van der Waals surface area contributed by atoms with Crippen molar-refractivity contribution in [1.29, 1.82) is 0 Å². The normalized spacial score (nSPS) is 18.5. The highest BCUT2D eigenvalue weighted by Gasteiger charge is 2.31. The van der Waals surface area contributed by atoms with E-state index in [0.717, 1.165) is 17.8 Å². The van der Waals surface area contributed by atoms with E-state index in [-0.39, 0.29) is 6.04 Å². The van der Waals surface area contributed by atoms with Gasteiger partial charge in [0.1, 0.15) is 0 Å². The Morgan fingerprint density at radius 1 is 1.00 bits per heavy atom. The quantitative estimate of drug-likeness (QED) is 0.820. The number of hydrazone groups is 1. The van der Waals surface area contributed by atoms with Crippen LogP contribution in [0.2, 0.25) is 0 Å². The van der Waals surface area contributed by atoms with E-state index >= 15 is 0 Å². The highest BCUT2D eigenvalue weighted by Crippen LogP contribution is 2.30. The Balaban J connectivity index is 2.00. The molecule has 1 atom stereocenters. The highest BCUT2D eigenvalue weighted by molar-refractivity contribution is 6.10. The molecule has 2 aromatic rings. The first kappa shape index (κ1) is 16.4. The van der Waals surface area contributed by atoms with Crippen molar-refractivity contribution in [2.45, 2.75) is 19.1 Å². The van der Waals surface area contributed by atoms with Gasteiger partial charge in [-0.25, -0.2) is 0 Å². The third kappa shape index (κ3) is 3.22. The number of likely N-dealkylation sites (N-methyl/N-ethyl adjacent to an activating group) is 1. The summed E-state index contributed by atoms with van der Waals surface area (Å²) in [4.78, 5) is 2.03. The molecule has 0 saturated heterocycles. The van der Waals surface area contributed by atoms with Crippen LogP contribution in [-0.2, 0) is 6.18 Å². The standard InChI is InChI=1S/C18H18F3N3/c1-13-12-24(16-6-4-3-5-7-16)17(22-23(13)2)14-8-10-15(11-9-14)18(19,20)21/h3-11,13H,12H2,1-2H3. The molecular formula is C18H18F3N3. The number of rotatable bonds is 2. The van der Waals surface area contributed by atoms with Gasteiger partial charge in [0.15, 0.2) is 5.84 Å². The molecule has 3 nitrogen and oxygen atoms in total. The summed E-state index contributed by atoms with van der Waals surface area (Å²) in [6.45, 7) is 2.77. The monoisotopic (exact) mass is 333 g/mol. The van der Waals surface area contributed by atoms with Crippen molar-refractivity contribution in [2.24, 2.45) is 5.10 Å². The summed E-state index contributed by atoms with van der Waals surface area (Å²) in [6.07, 6.45) is -4.34. The van der Waals surface area contributed by atoms with Crippen LogP contribution in [0.1, 0.15) is 18.1 Å². The number of hydrogen-bond donors (Lipinski definition) is 0. The van der Waals surface area contributed by atoms with E-state index < -0.39 is 11.7 Å². The summed E-state index contributed by atoms with van der Waals surface area (Å²) in [5.74, 6) is 0.649. The summed E-state index contributed by atoms with van der Waals surface area (Å²) in [6, 6.07) is 15.1. The van der Waals surface area contributed by atoms with Crippen LogP contribution in [0.25, 0.3) is 0 Å². The average Bonchev–Trinajstić information content (AvgIpc) is 2.57. The SMILES string of the molecule is CC1CN(c2ccccc2)C(c2ccc(C(F)(F)F)cc2)=NN1C. The maximum absolute atomic E-state index is 12.8. The van der Waals surface area contributed by atoms with Gasteiger partial charge in [0.2, 0.25) is 0 Å². The molecule has 0 spiro atoms. The van der Waals surface area contributed by atoms with Crippen LogP contribution >= 0.6 is 0 Å². The van der Waals surface area contributed by atoms with Gasteiger partial charge in [0, 0.05) is 24.8 Å². The number of para-hydroxylation sites is 1. The summed E-state index contributed by atoms with van der Waals surface area (Å²) in [5, 5.41) is 6.42. The van der Waals surface area contributed by atoms with Gasteiger partial charge in [-0.15, -0.1) is 0 Å². The summed E-state index contributed by atoms with van der Waals surface area (Å²) < 4.78 is 38.3. The lowest BCUT2D eigenvalue weighted by Crippen LogP contribution is -2.48. The fourth-order valence-corrected chi connectivity index (χ4v) is 2.63. The number of anilines is 1. The molecule has 0 fully saturated rings. The molecule has 126 valence electrons. The second kappa shape index (κ2) is 6.19. The molecular weight excluding hydrogens is 315 g/mol. The topological polar surface area (TPSA) is 18.8 Å². The predicted molar refractivity (Wildman–Crippen MR) is 89.0 cm³/mol. The van der Waals surface area contributed by atoms with E-state index in [0.29, 0.717) is 17.9 Å². The Morgan fingerprint density at radius 2 is 1.62 bits per heavy atom. The number of alkyl halides is 3. The minimum absolute atomic E-state index is 0.198. The smallest absolute Gasteiger partial charge is 0.322 e. The van der Waals surface area contributed by atoms with E-state index in [4.69, 9.17) is 0 Å². The maximum Gasteiger partial charge on any atom is 0.416 e. The van der Waals surface area contributed by atoms with Gasteiger partial charge in [0.25, 0.3) is 0 Å². The molecule has 0 aromatic heterocycles. The largest absolute Gasteiger partial charge is 0.416 e. The van der Waals surface area contributed by atoms with Crippen LogP contribution in [0, 0.1) is 0 Å². The lowest BCUT2D eigenvalue weighted by atomic mass is 10.1. The van der Waals surface area contributed by atoms with Crippen LogP contribution in [0.5, 0.6) is 0 Å². The molecule has 1 heterocycles. The van der Waals surface area contributed by atoms with Crippen molar-refractivity contribution in [2.75, 3.05) is 18.5 Å². The molecule has 0 aliphatic carbocycles. The number of hydrogen-bond acceptors (Lipinski definition) is 3. The van der Waals surface area contributed by atoms with Gasteiger partial charge >= 0.3 is 6.18 Å². The number of amidine groups is 1. The van der Waals surface area contributed by atoms with E-state index in [1.54, 1.807) is 0 Å². The molecule has 1 aliphatic rings. The summed E-state index contributed by atoms with van der Waals surface area (Å²) >= 11 is 0. The minimum atomic E-state index is -4.34. The Labute approximate surface area is 139 Å². The Kier molecular flexibility index (Phi) is 4.22. The van der Waals surface area contributed by atoms with Gasteiger partial charge in [0.05, 0.1) is 11.6 Å². The van der Waals surface area contributed by atoms with Crippen molar-refractivity contribution in [3.05, 3.63) is 65.7 Å². The third-order valence-corrected chi connectivity index (χ3v) is 4.13. The lowest BCUT2D eigenvalue weighted by molar-refractivity contribution is -0.137. The maximum atomic E-state index is 12.8. The lowest BCUT2D eigenvalue weighted by Gasteiger charge is -2.37.